The van der Waals surface area contributed by atoms with Crippen LogP contribution in [0.5, 0.6) is 0 Å². The van der Waals surface area contributed by atoms with Crippen LogP contribution in [0.4, 0.5) is 5.82 Å². The molecule has 148 valence electrons. The number of H-pyrrole nitrogens is 1. The molecule has 1 spiro atoms. The van der Waals surface area contributed by atoms with Gasteiger partial charge in [0.15, 0.2) is 0 Å². The van der Waals surface area contributed by atoms with Gasteiger partial charge in [-0.25, -0.2) is 9.97 Å². The second-order valence-corrected chi connectivity index (χ2v) is 9.17. The molecule has 1 aliphatic heterocycles. The molecule has 6 heteroatoms. The predicted molar refractivity (Wildman–Crippen MR) is 112 cm³/mol. The zero-order chi connectivity index (χ0) is 19.6. The molecule has 0 radical (unpaired) electrons. The summed E-state index contributed by atoms with van der Waals surface area (Å²) in [5.74, 6) is 1.90. The monoisotopic (exact) mass is 387 g/mol. The molecule has 1 aromatic carbocycles. The molecule has 0 unspecified atom stereocenters. The summed E-state index contributed by atoms with van der Waals surface area (Å²) in [5.41, 5.74) is 3.39. The molecule has 6 nitrogen and oxygen atoms in total. The molecule has 1 saturated heterocycles. The molecule has 3 heterocycles. The smallest absolute Gasteiger partial charge is 0.253 e. The molecule has 0 atom stereocenters. The number of fused-ring (bicyclic) bond motifs is 1. The Bertz CT molecular complexity index is 1070. The molecule has 2 aromatic heterocycles. The summed E-state index contributed by atoms with van der Waals surface area (Å²) in [6, 6.07) is 10.8. The summed E-state index contributed by atoms with van der Waals surface area (Å²) in [6.45, 7) is 1.76. The SMILES string of the molecule is CN(c1ncnc2[nH]ccc12)C1CC2(C1)CN(C(=O)c1ccc(C3CC3)cc1)C2. The Labute approximate surface area is 169 Å². The maximum atomic E-state index is 12.8. The van der Waals surface area contributed by atoms with Crippen molar-refractivity contribution in [1.29, 1.82) is 0 Å². The number of likely N-dealkylation sites (tertiary alicyclic amines) is 1. The standard InChI is InChI=1S/C23H25N5O/c1-27(21-19-8-9-24-20(19)25-14-26-21)18-10-23(11-18)12-28(13-23)22(29)17-6-4-16(5-7-17)15-2-3-15/h4-9,14-15,18H,2-3,10-13H2,1H3,(H,24,25,26). The van der Waals surface area contributed by atoms with Crippen molar-refractivity contribution in [1.82, 2.24) is 19.9 Å². The molecule has 3 aliphatic rings. The summed E-state index contributed by atoms with van der Waals surface area (Å²) < 4.78 is 0. The van der Waals surface area contributed by atoms with Gasteiger partial charge in [-0.1, -0.05) is 12.1 Å². The van der Waals surface area contributed by atoms with Gasteiger partial charge in [-0.3, -0.25) is 4.79 Å². The molecule has 29 heavy (non-hydrogen) atoms. The third-order valence-corrected chi connectivity index (χ3v) is 7.10. The van der Waals surface area contributed by atoms with Crippen molar-refractivity contribution in [3.8, 4) is 0 Å². The van der Waals surface area contributed by atoms with E-state index in [1.54, 1.807) is 6.33 Å². The lowest BCUT2D eigenvalue weighted by Crippen LogP contribution is -2.67. The minimum Gasteiger partial charge on any atom is -0.356 e. The summed E-state index contributed by atoms with van der Waals surface area (Å²) in [5, 5.41) is 1.07. The van der Waals surface area contributed by atoms with Crippen molar-refractivity contribution in [2.75, 3.05) is 25.0 Å². The lowest BCUT2D eigenvalue weighted by Gasteiger charge is -2.60. The van der Waals surface area contributed by atoms with Crippen molar-refractivity contribution in [2.24, 2.45) is 5.41 Å². The van der Waals surface area contributed by atoms with Crippen molar-refractivity contribution in [3.63, 3.8) is 0 Å². The van der Waals surface area contributed by atoms with Gasteiger partial charge >= 0.3 is 0 Å². The first-order chi connectivity index (χ1) is 14.1. The minimum atomic E-state index is 0.180. The normalized spacial score (nSPS) is 20.5. The van der Waals surface area contributed by atoms with Crippen LogP contribution >= 0.6 is 0 Å². The van der Waals surface area contributed by atoms with Crippen LogP contribution in [0.25, 0.3) is 11.0 Å². The fraction of sp³-hybridized carbons (Fsp3) is 0.435. The fourth-order valence-electron chi connectivity index (χ4n) is 5.19. The lowest BCUT2D eigenvalue weighted by molar-refractivity contribution is -0.0541. The zero-order valence-corrected chi connectivity index (χ0v) is 16.6. The summed E-state index contributed by atoms with van der Waals surface area (Å²) in [6.07, 6.45) is 8.35. The number of aromatic nitrogens is 3. The first-order valence-corrected chi connectivity index (χ1v) is 10.5. The molecule has 3 aromatic rings. The van der Waals surface area contributed by atoms with Crippen molar-refractivity contribution in [3.05, 3.63) is 54.0 Å². The van der Waals surface area contributed by atoms with Crippen LogP contribution in [0.2, 0.25) is 0 Å². The fourth-order valence-corrected chi connectivity index (χ4v) is 5.19. The Hall–Kier alpha value is -2.89. The average molecular weight is 387 g/mol. The zero-order valence-electron chi connectivity index (χ0n) is 16.6. The van der Waals surface area contributed by atoms with E-state index in [1.807, 2.05) is 29.3 Å². The van der Waals surface area contributed by atoms with Gasteiger partial charge in [-0.2, -0.15) is 0 Å². The van der Waals surface area contributed by atoms with E-state index in [4.69, 9.17) is 0 Å². The van der Waals surface area contributed by atoms with E-state index in [0.717, 1.165) is 54.3 Å². The van der Waals surface area contributed by atoms with E-state index in [-0.39, 0.29) is 5.91 Å². The number of aromatic amines is 1. The van der Waals surface area contributed by atoms with E-state index in [0.29, 0.717) is 11.5 Å². The summed E-state index contributed by atoms with van der Waals surface area (Å²) in [4.78, 5) is 29.0. The highest BCUT2D eigenvalue weighted by Gasteiger charge is 2.55. The first kappa shape index (κ1) is 17.0. The van der Waals surface area contributed by atoms with Crippen LogP contribution in [-0.2, 0) is 0 Å². The number of carbonyl (C=O) groups is 1. The van der Waals surface area contributed by atoms with Crippen molar-refractivity contribution < 1.29 is 4.79 Å². The number of hydrogen-bond acceptors (Lipinski definition) is 4. The number of rotatable bonds is 4. The van der Waals surface area contributed by atoms with Crippen LogP contribution in [0.15, 0.2) is 42.9 Å². The summed E-state index contributed by atoms with van der Waals surface area (Å²) >= 11 is 0. The number of anilines is 1. The number of hydrogen-bond donors (Lipinski definition) is 1. The van der Waals surface area contributed by atoms with Gasteiger partial charge in [0.1, 0.15) is 17.8 Å². The van der Waals surface area contributed by atoms with Crippen LogP contribution < -0.4 is 4.90 Å². The Balaban J connectivity index is 1.08. The highest BCUT2D eigenvalue weighted by atomic mass is 16.2. The molecular formula is C23H25N5O. The largest absolute Gasteiger partial charge is 0.356 e. The quantitative estimate of drug-likeness (QED) is 0.743. The number of benzene rings is 1. The number of amides is 1. The Kier molecular flexibility index (Phi) is 3.55. The lowest BCUT2D eigenvalue weighted by atomic mass is 9.60. The molecule has 3 fully saturated rings. The van der Waals surface area contributed by atoms with E-state index in [2.05, 4.69) is 39.0 Å². The molecule has 2 aliphatic carbocycles. The van der Waals surface area contributed by atoms with Gasteiger partial charge in [0.05, 0.1) is 5.39 Å². The second kappa shape index (κ2) is 6.05. The second-order valence-electron chi connectivity index (χ2n) is 9.17. The molecule has 6 rings (SSSR count). The topological polar surface area (TPSA) is 65.1 Å². The van der Waals surface area contributed by atoms with Crippen LogP contribution in [0.1, 0.15) is 47.5 Å². The van der Waals surface area contributed by atoms with Gasteiger partial charge in [0.25, 0.3) is 5.91 Å². The Morgan fingerprint density at radius 2 is 1.90 bits per heavy atom. The van der Waals surface area contributed by atoms with E-state index < -0.39 is 0 Å². The maximum absolute atomic E-state index is 12.8. The third-order valence-electron chi connectivity index (χ3n) is 7.10. The van der Waals surface area contributed by atoms with Crippen LogP contribution in [0.3, 0.4) is 0 Å². The van der Waals surface area contributed by atoms with Gasteiger partial charge in [0, 0.05) is 43.4 Å². The molecule has 1 amide bonds. The minimum absolute atomic E-state index is 0.180. The average Bonchev–Trinajstić information content (AvgIpc) is 3.42. The van der Waals surface area contributed by atoms with Crippen LogP contribution in [0, 0.1) is 5.41 Å². The molecule has 1 N–H and O–H groups in total. The van der Waals surface area contributed by atoms with Gasteiger partial charge in [-0.15, -0.1) is 0 Å². The number of nitrogens with one attached hydrogen (secondary N) is 1. The van der Waals surface area contributed by atoms with E-state index >= 15 is 0 Å². The van der Waals surface area contributed by atoms with Gasteiger partial charge in [0.2, 0.25) is 0 Å². The highest BCUT2D eigenvalue weighted by molar-refractivity contribution is 5.95. The number of carbonyl (C=O) groups excluding carboxylic acids is 1. The van der Waals surface area contributed by atoms with E-state index in [1.165, 1.54) is 18.4 Å². The first-order valence-electron chi connectivity index (χ1n) is 10.5. The van der Waals surface area contributed by atoms with Gasteiger partial charge < -0.3 is 14.8 Å². The van der Waals surface area contributed by atoms with Crippen LogP contribution in [-0.4, -0.2) is 51.9 Å². The van der Waals surface area contributed by atoms with Gasteiger partial charge in [-0.05, 0) is 55.4 Å². The molecular weight excluding hydrogens is 362 g/mol. The Morgan fingerprint density at radius 1 is 1.14 bits per heavy atom. The van der Waals surface area contributed by atoms with Crippen molar-refractivity contribution >= 4 is 22.8 Å². The van der Waals surface area contributed by atoms with Crippen molar-refractivity contribution in [2.45, 2.75) is 37.6 Å². The summed E-state index contributed by atoms with van der Waals surface area (Å²) in [7, 11) is 2.12. The Morgan fingerprint density at radius 3 is 2.62 bits per heavy atom. The maximum Gasteiger partial charge on any atom is 0.253 e. The number of nitrogens with zero attached hydrogens (tertiary/aromatic N) is 4. The van der Waals surface area contributed by atoms with E-state index in [9.17, 15) is 4.79 Å². The predicted octanol–water partition coefficient (Wildman–Crippen LogP) is 3.58. The molecule has 0 bridgehead atoms. The molecule has 2 saturated carbocycles. The highest BCUT2D eigenvalue weighted by Crippen LogP contribution is 2.51. The third kappa shape index (κ3) is 2.73.